The highest BCUT2D eigenvalue weighted by Gasteiger charge is 2.18. The van der Waals surface area contributed by atoms with E-state index >= 15 is 0 Å². The number of para-hydroxylation sites is 1. The summed E-state index contributed by atoms with van der Waals surface area (Å²) in [5.74, 6) is 0.0908. The molecule has 3 aromatic rings. The molecule has 1 N–H and O–H groups in total. The molecule has 0 bridgehead atoms. The first-order valence-electron chi connectivity index (χ1n) is 7.74. The van der Waals surface area contributed by atoms with Gasteiger partial charge in [0.25, 0.3) is 11.6 Å². The van der Waals surface area contributed by atoms with Gasteiger partial charge in [-0.25, -0.2) is 5.43 Å². The molecule has 0 fully saturated rings. The van der Waals surface area contributed by atoms with E-state index in [1.165, 1.54) is 24.4 Å². The van der Waals surface area contributed by atoms with Crippen LogP contribution in [0.4, 0.5) is 5.69 Å². The number of hydrazone groups is 1. The SMILES string of the molecule is COc1ccc(/C=N/NC(=O)c2ccccc2[N+](=O)[O-])c2ccccc12. The number of methoxy groups -OCH3 is 1. The lowest BCUT2D eigenvalue weighted by molar-refractivity contribution is -0.385. The Balaban J connectivity index is 1.85. The smallest absolute Gasteiger partial charge is 0.282 e. The highest BCUT2D eigenvalue weighted by molar-refractivity contribution is 6.03. The number of nitro benzene ring substituents is 1. The second-order valence-electron chi connectivity index (χ2n) is 5.38. The summed E-state index contributed by atoms with van der Waals surface area (Å²) in [5, 5.41) is 16.8. The fourth-order valence-corrected chi connectivity index (χ4v) is 2.63. The molecule has 3 aromatic carbocycles. The van der Waals surface area contributed by atoms with Crippen molar-refractivity contribution >= 4 is 28.6 Å². The van der Waals surface area contributed by atoms with Gasteiger partial charge < -0.3 is 4.74 Å². The third-order valence-electron chi connectivity index (χ3n) is 3.85. The Morgan fingerprint density at radius 3 is 2.50 bits per heavy atom. The van der Waals surface area contributed by atoms with Gasteiger partial charge in [-0.3, -0.25) is 14.9 Å². The maximum Gasteiger partial charge on any atom is 0.282 e. The predicted octanol–water partition coefficient (Wildman–Crippen LogP) is 3.52. The van der Waals surface area contributed by atoms with Crippen LogP contribution in [0, 0.1) is 10.1 Å². The number of carbonyl (C=O) groups excluding carboxylic acids is 1. The second kappa shape index (κ2) is 7.43. The Kier molecular flexibility index (Phi) is 4.89. The fraction of sp³-hybridized carbons (Fsp3) is 0.0526. The minimum atomic E-state index is -0.647. The molecular weight excluding hydrogens is 334 g/mol. The summed E-state index contributed by atoms with van der Waals surface area (Å²) in [6.07, 6.45) is 1.49. The summed E-state index contributed by atoms with van der Waals surface area (Å²) < 4.78 is 5.34. The normalized spacial score (nSPS) is 10.8. The van der Waals surface area contributed by atoms with Gasteiger partial charge in [0.05, 0.1) is 18.2 Å². The lowest BCUT2D eigenvalue weighted by Crippen LogP contribution is -2.18. The van der Waals surface area contributed by atoms with E-state index in [-0.39, 0.29) is 11.3 Å². The molecule has 0 heterocycles. The molecule has 0 aliphatic rings. The van der Waals surface area contributed by atoms with Crippen molar-refractivity contribution in [2.75, 3.05) is 7.11 Å². The van der Waals surface area contributed by atoms with Gasteiger partial charge in [-0.2, -0.15) is 5.10 Å². The number of hydrogen-bond donors (Lipinski definition) is 1. The van der Waals surface area contributed by atoms with Crippen molar-refractivity contribution < 1.29 is 14.5 Å². The lowest BCUT2D eigenvalue weighted by Gasteiger charge is -2.07. The van der Waals surface area contributed by atoms with Crippen LogP contribution >= 0.6 is 0 Å². The van der Waals surface area contributed by atoms with Crippen LogP contribution in [-0.2, 0) is 0 Å². The molecule has 0 aliphatic heterocycles. The maximum atomic E-state index is 12.2. The molecule has 0 spiro atoms. The van der Waals surface area contributed by atoms with E-state index in [0.717, 1.165) is 22.1 Å². The van der Waals surface area contributed by atoms with Crippen LogP contribution < -0.4 is 10.2 Å². The average molecular weight is 349 g/mol. The molecule has 3 rings (SSSR count). The van der Waals surface area contributed by atoms with Crippen molar-refractivity contribution in [3.05, 3.63) is 81.9 Å². The first-order chi connectivity index (χ1) is 12.6. The predicted molar refractivity (Wildman–Crippen MR) is 98.7 cm³/mol. The zero-order valence-corrected chi connectivity index (χ0v) is 13.9. The van der Waals surface area contributed by atoms with E-state index in [9.17, 15) is 14.9 Å². The van der Waals surface area contributed by atoms with Crippen molar-refractivity contribution in [2.45, 2.75) is 0 Å². The number of rotatable bonds is 5. The first-order valence-corrected chi connectivity index (χ1v) is 7.74. The van der Waals surface area contributed by atoms with Crippen LogP contribution in [0.25, 0.3) is 10.8 Å². The minimum absolute atomic E-state index is 0.0470. The Morgan fingerprint density at radius 1 is 1.08 bits per heavy atom. The van der Waals surface area contributed by atoms with Gasteiger partial charge in [0.15, 0.2) is 0 Å². The summed E-state index contributed by atoms with van der Waals surface area (Å²) in [7, 11) is 1.60. The zero-order valence-electron chi connectivity index (χ0n) is 13.9. The molecule has 26 heavy (non-hydrogen) atoms. The van der Waals surface area contributed by atoms with Gasteiger partial charge in [-0.1, -0.05) is 36.4 Å². The Labute approximate surface area is 149 Å². The number of benzene rings is 3. The molecule has 0 aliphatic carbocycles. The molecule has 0 unspecified atom stereocenters. The molecule has 7 nitrogen and oxygen atoms in total. The van der Waals surface area contributed by atoms with Crippen molar-refractivity contribution in [3.8, 4) is 5.75 Å². The largest absolute Gasteiger partial charge is 0.496 e. The molecule has 0 saturated carbocycles. The van der Waals surface area contributed by atoms with Crippen LogP contribution in [0.3, 0.4) is 0 Å². The van der Waals surface area contributed by atoms with E-state index in [4.69, 9.17) is 4.74 Å². The van der Waals surface area contributed by atoms with Crippen LogP contribution in [0.5, 0.6) is 5.75 Å². The molecule has 0 aromatic heterocycles. The molecule has 0 atom stereocenters. The van der Waals surface area contributed by atoms with Crippen molar-refractivity contribution in [1.29, 1.82) is 0 Å². The highest BCUT2D eigenvalue weighted by atomic mass is 16.6. The topological polar surface area (TPSA) is 93.8 Å². The standard InChI is InChI=1S/C19H15N3O4/c1-26-18-11-10-13(14-6-2-3-7-15(14)18)12-20-21-19(23)16-8-4-5-9-17(16)22(24)25/h2-12H,1H3,(H,21,23)/b20-12+. The summed E-state index contributed by atoms with van der Waals surface area (Å²) in [6.45, 7) is 0. The van der Waals surface area contributed by atoms with E-state index in [2.05, 4.69) is 10.5 Å². The number of amides is 1. The van der Waals surface area contributed by atoms with E-state index < -0.39 is 10.8 Å². The molecular formula is C19H15N3O4. The number of hydrogen-bond acceptors (Lipinski definition) is 5. The van der Waals surface area contributed by atoms with Crippen LogP contribution in [0.2, 0.25) is 0 Å². The Hall–Kier alpha value is -3.74. The van der Waals surface area contributed by atoms with E-state index in [1.807, 2.05) is 36.4 Å². The molecule has 7 heteroatoms. The second-order valence-corrected chi connectivity index (χ2v) is 5.38. The van der Waals surface area contributed by atoms with Crippen LogP contribution in [0.15, 0.2) is 65.8 Å². The molecule has 130 valence electrons. The summed E-state index contributed by atoms with van der Waals surface area (Å²) >= 11 is 0. The van der Waals surface area contributed by atoms with Crippen LogP contribution in [-0.4, -0.2) is 24.2 Å². The fourth-order valence-electron chi connectivity index (χ4n) is 2.63. The lowest BCUT2D eigenvalue weighted by atomic mass is 10.0. The number of nitrogens with one attached hydrogen (secondary N) is 1. The molecule has 1 amide bonds. The summed E-state index contributed by atoms with van der Waals surface area (Å²) in [4.78, 5) is 22.6. The van der Waals surface area contributed by atoms with Gasteiger partial charge in [0.1, 0.15) is 11.3 Å². The van der Waals surface area contributed by atoms with E-state index in [1.54, 1.807) is 13.2 Å². The summed E-state index contributed by atoms with van der Waals surface area (Å²) in [6, 6.07) is 17.0. The number of nitrogens with zero attached hydrogens (tertiary/aromatic N) is 2. The quantitative estimate of drug-likeness (QED) is 0.433. The number of ether oxygens (including phenoxy) is 1. The molecule has 0 saturated heterocycles. The van der Waals surface area contributed by atoms with Crippen molar-refractivity contribution in [2.24, 2.45) is 5.10 Å². The van der Waals surface area contributed by atoms with Crippen molar-refractivity contribution in [1.82, 2.24) is 5.43 Å². The van der Waals surface area contributed by atoms with E-state index in [0.29, 0.717) is 0 Å². The molecule has 0 radical (unpaired) electrons. The number of nitro groups is 1. The average Bonchev–Trinajstić information content (AvgIpc) is 2.68. The van der Waals surface area contributed by atoms with Crippen molar-refractivity contribution in [3.63, 3.8) is 0 Å². The van der Waals surface area contributed by atoms with Crippen LogP contribution in [0.1, 0.15) is 15.9 Å². The summed E-state index contributed by atoms with van der Waals surface area (Å²) in [5.41, 5.74) is 2.80. The van der Waals surface area contributed by atoms with Gasteiger partial charge in [0, 0.05) is 17.0 Å². The van der Waals surface area contributed by atoms with Gasteiger partial charge in [-0.15, -0.1) is 0 Å². The monoisotopic (exact) mass is 349 g/mol. The number of carbonyl (C=O) groups is 1. The number of fused-ring (bicyclic) bond motifs is 1. The maximum absolute atomic E-state index is 12.2. The Morgan fingerprint density at radius 2 is 1.77 bits per heavy atom. The Bertz CT molecular complexity index is 1010. The van der Waals surface area contributed by atoms with Gasteiger partial charge >= 0.3 is 0 Å². The first kappa shape index (κ1) is 17.1. The van der Waals surface area contributed by atoms with Gasteiger partial charge in [0.2, 0.25) is 0 Å². The van der Waals surface area contributed by atoms with Gasteiger partial charge in [-0.05, 0) is 23.6 Å². The third-order valence-corrected chi connectivity index (χ3v) is 3.85. The minimum Gasteiger partial charge on any atom is -0.496 e. The zero-order chi connectivity index (χ0) is 18.5. The third kappa shape index (κ3) is 3.36. The highest BCUT2D eigenvalue weighted by Crippen LogP contribution is 2.27.